The number of likely N-dealkylation sites (N-methyl/N-ethyl adjacent to an activating group) is 1. The van der Waals surface area contributed by atoms with E-state index in [-0.39, 0.29) is 11.9 Å². The molecule has 0 saturated carbocycles. The average molecular weight is 220 g/mol. The van der Waals surface area contributed by atoms with Crippen LogP contribution in [-0.2, 0) is 11.2 Å². The van der Waals surface area contributed by atoms with Crippen LogP contribution in [0.3, 0.4) is 0 Å². The van der Waals surface area contributed by atoms with Crippen molar-refractivity contribution in [1.29, 1.82) is 0 Å². The molecule has 88 valence electrons. The number of rotatable bonds is 5. The summed E-state index contributed by atoms with van der Waals surface area (Å²) in [4.78, 5) is 11.4. The molecule has 0 saturated heterocycles. The Hall–Kier alpha value is -1.35. The van der Waals surface area contributed by atoms with Crippen molar-refractivity contribution in [3.05, 3.63) is 35.4 Å². The molecule has 1 aromatic rings. The van der Waals surface area contributed by atoms with Crippen molar-refractivity contribution in [2.75, 3.05) is 13.6 Å². The Bertz CT molecular complexity index is 332. The minimum Gasteiger partial charge on any atom is -0.348 e. The second kappa shape index (κ2) is 6.28. The Morgan fingerprint density at radius 1 is 1.31 bits per heavy atom. The number of nitrogens with one attached hydrogen (secondary N) is 2. The Morgan fingerprint density at radius 3 is 2.44 bits per heavy atom. The summed E-state index contributed by atoms with van der Waals surface area (Å²) < 4.78 is 0. The predicted molar refractivity (Wildman–Crippen MR) is 66.3 cm³/mol. The summed E-state index contributed by atoms with van der Waals surface area (Å²) in [6, 6.07) is 8.42. The monoisotopic (exact) mass is 220 g/mol. The van der Waals surface area contributed by atoms with E-state index in [9.17, 15) is 4.79 Å². The van der Waals surface area contributed by atoms with Crippen molar-refractivity contribution in [3.63, 3.8) is 0 Å². The molecule has 0 aliphatic heterocycles. The van der Waals surface area contributed by atoms with Gasteiger partial charge in [-0.25, -0.2) is 0 Å². The van der Waals surface area contributed by atoms with Crippen LogP contribution in [0.4, 0.5) is 0 Å². The molecule has 0 fully saturated rings. The van der Waals surface area contributed by atoms with Crippen molar-refractivity contribution >= 4 is 5.91 Å². The van der Waals surface area contributed by atoms with E-state index in [1.54, 1.807) is 7.05 Å². The minimum atomic E-state index is 0.0227. The Morgan fingerprint density at radius 2 is 1.94 bits per heavy atom. The molecular weight excluding hydrogens is 200 g/mol. The lowest BCUT2D eigenvalue weighted by atomic mass is 10.1. The second-order valence-corrected chi connectivity index (χ2v) is 3.91. The standard InChI is InChI=1S/C13H20N2O/c1-4-11-5-7-12(8-6-11)10(2)15-13(16)9-14-3/h5-8,10,14H,4,9H2,1-3H3,(H,15,16). The van der Waals surface area contributed by atoms with Crippen LogP contribution in [0, 0.1) is 0 Å². The van der Waals surface area contributed by atoms with Crippen LogP contribution in [0.2, 0.25) is 0 Å². The molecule has 1 atom stereocenters. The number of carbonyl (C=O) groups is 1. The third kappa shape index (κ3) is 3.66. The molecule has 0 aliphatic rings. The van der Waals surface area contributed by atoms with E-state index in [0.29, 0.717) is 6.54 Å². The van der Waals surface area contributed by atoms with Gasteiger partial charge in [0.1, 0.15) is 0 Å². The van der Waals surface area contributed by atoms with Crippen LogP contribution in [0.25, 0.3) is 0 Å². The Balaban J connectivity index is 2.58. The largest absolute Gasteiger partial charge is 0.348 e. The molecule has 0 spiro atoms. The van der Waals surface area contributed by atoms with Crippen molar-refractivity contribution < 1.29 is 4.79 Å². The van der Waals surface area contributed by atoms with Gasteiger partial charge in [0, 0.05) is 0 Å². The lowest BCUT2D eigenvalue weighted by Gasteiger charge is -2.14. The van der Waals surface area contributed by atoms with Crippen molar-refractivity contribution in [2.24, 2.45) is 0 Å². The van der Waals surface area contributed by atoms with E-state index >= 15 is 0 Å². The van der Waals surface area contributed by atoms with Gasteiger partial charge in [-0.15, -0.1) is 0 Å². The summed E-state index contributed by atoms with van der Waals surface area (Å²) in [7, 11) is 1.76. The number of carbonyl (C=O) groups excluding carboxylic acids is 1. The Kier molecular flexibility index (Phi) is 4.99. The minimum absolute atomic E-state index is 0.0227. The maximum absolute atomic E-state index is 11.4. The van der Waals surface area contributed by atoms with E-state index in [1.165, 1.54) is 5.56 Å². The summed E-state index contributed by atoms with van der Waals surface area (Å²) >= 11 is 0. The molecule has 0 aliphatic carbocycles. The first kappa shape index (κ1) is 12.7. The van der Waals surface area contributed by atoms with Gasteiger partial charge in [-0.1, -0.05) is 31.2 Å². The van der Waals surface area contributed by atoms with Gasteiger partial charge in [0.05, 0.1) is 12.6 Å². The molecule has 16 heavy (non-hydrogen) atoms. The normalized spacial score (nSPS) is 12.2. The van der Waals surface area contributed by atoms with E-state index in [1.807, 2.05) is 6.92 Å². The fraction of sp³-hybridized carbons (Fsp3) is 0.462. The van der Waals surface area contributed by atoms with Gasteiger partial charge >= 0.3 is 0 Å². The second-order valence-electron chi connectivity index (χ2n) is 3.91. The molecule has 2 N–H and O–H groups in total. The van der Waals surface area contributed by atoms with Crippen LogP contribution >= 0.6 is 0 Å². The number of benzene rings is 1. The summed E-state index contributed by atoms with van der Waals surface area (Å²) in [6.07, 6.45) is 1.04. The van der Waals surface area contributed by atoms with Gasteiger partial charge in [0.25, 0.3) is 0 Å². The van der Waals surface area contributed by atoms with E-state index in [4.69, 9.17) is 0 Å². The molecular formula is C13H20N2O. The molecule has 3 nitrogen and oxygen atoms in total. The van der Waals surface area contributed by atoms with Gasteiger partial charge in [-0.3, -0.25) is 4.79 Å². The first-order valence-electron chi connectivity index (χ1n) is 5.70. The first-order chi connectivity index (χ1) is 7.67. The highest BCUT2D eigenvalue weighted by molar-refractivity contribution is 5.78. The maximum atomic E-state index is 11.4. The lowest BCUT2D eigenvalue weighted by molar-refractivity contribution is -0.120. The average Bonchev–Trinajstić information content (AvgIpc) is 2.29. The maximum Gasteiger partial charge on any atom is 0.234 e. The highest BCUT2D eigenvalue weighted by atomic mass is 16.1. The fourth-order valence-electron chi connectivity index (χ4n) is 1.58. The summed E-state index contributed by atoms with van der Waals surface area (Å²) in [5, 5.41) is 5.76. The highest BCUT2D eigenvalue weighted by Crippen LogP contribution is 2.13. The number of aryl methyl sites for hydroxylation is 1. The summed E-state index contributed by atoms with van der Waals surface area (Å²) in [5.74, 6) is 0.0227. The topological polar surface area (TPSA) is 41.1 Å². The van der Waals surface area contributed by atoms with E-state index in [2.05, 4.69) is 41.8 Å². The summed E-state index contributed by atoms with van der Waals surface area (Å²) in [6.45, 7) is 4.49. The zero-order valence-electron chi connectivity index (χ0n) is 10.2. The number of hydrogen-bond acceptors (Lipinski definition) is 2. The zero-order chi connectivity index (χ0) is 12.0. The fourth-order valence-corrected chi connectivity index (χ4v) is 1.58. The number of amides is 1. The lowest BCUT2D eigenvalue weighted by Crippen LogP contribution is -2.33. The van der Waals surface area contributed by atoms with Crippen LogP contribution in [0.1, 0.15) is 31.0 Å². The number of hydrogen-bond donors (Lipinski definition) is 2. The molecule has 1 amide bonds. The van der Waals surface area contributed by atoms with Crippen molar-refractivity contribution in [2.45, 2.75) is 26.3 Å². The zero-order valence-corrected chi connectivity index (χ0v) is 10.2. The third-order valence-corrected chi connectivity index (χ3v) is 2.60. The van der Waals surface area contributed by atoms with Gasteiger partial charge < -0.3 is 10.6 Å². The molecule has 3 heteroatoms. The van der Waals surface area contributed by atoms with Gasteiger partial charge in [0.15, 0.2) is 0 Å². The highest BCUT2D eigenvalue weighted by Gasteiger charge is 2.08. The van der Waals surface area contributed by atoms with Crippen LogP contribution in [-0.4, -0.2) is 19.5 Å². The summed E-state index contributed by atoms with van der Waals surface area (Å²) in [5.41, 5.74) is 2.46. The van der Waals surface area contributed by atoms with Gasteiger partial charge in [0.2, 0.25) is 5.91 Å². The van der Waals surface area contributed by atoms with Crippen LogP contribution in [0.5, 0.6) is 0 Å². The molecule has 0 bridgehead atoms. The third-order valence-electron chi connectivity index (χ3n) is 2.60. The van der Waals surface area contributed by atoms with E-state index < -0.39 is 0 Å². The van der Waals surface area contributed by atoms with Crippen molar-refractivity contribution in [1.82, 2.24) is 10.6 Å². The van der Waals surface area contributed by atoms with Gasteiger partial charge in [-0.2, -0.15) is 0 Å². The van der Waals surface area contributed by atoms with E-state index in [0.717, 1.165) is 12.0 Å². The molecule has 1 unspecified atom stereocenters. The SMILES string of the molecule is CCc1ccc(C(C)NC(=O)CNC)cc1. The Labute approximate surface area is 97.2 Å². The molecule has 0 aromatic heterocycles. The first-order valence-corrected chi connectivity index (χ1v) is 5.70. The van der Waals surface area contributed by atoms with Crippen LogP contribution < -0.4 is 10.6 Å². The molecule has 1 aromatic carbocycles. The van der Waals surface area contributed by atoms with Crippen LogP contribution in [0.15, 0.2) is 24.3 Å². The molecule has 0 radical (unpaired) electrons. The van der Waals surface area contributed by atoms with Crippen molar-refractivity contribution in [3.8, 4) is 0 Å². The quantitative estimate of drug-likeness (QED) is 0.792. The molecule has 1 rings (SSSR count). The molecule has 0 heterocycles. The smallest absolute Gasteiger partial charge is 0.234 e. The predicted octanol–water partition coefficient (Wildman–Crippen LogP) is 1.65. The van der Waals surface area contributed by atoms with Gasteiger partial charge in [-0.05, 0) is 31.5 Å².